The molecule has 88 valence electrons. The van der Waals surface area contributed by atoms with Gasteiger partial charge >= 0.3 is 0 Å². The lowest BCUT2D eigenvalue weighted by Crippen LogP contribution is -2.43. The topological polar surface area (TPSA) is 26.0 Å². The van der Waals surface area contributed by atoms with Crippen molar-refractivity contribution in [2.45, 2.75) is 38.6 Å². The van der Waals surface area contributed by atoms with Crippen molar-refractivity contribution in [3.63, 3.8) is 0 Å². The third-order valence-corrected chi connectivity index (χ3v) is 4.44. The van der Waals surface area contributed by atoms with Crippen LogP contribution in [0.4, 0.5) is 0 Å². The van der Waals surface area contributed by atoms with E-state index in [9.17, 15) is 0 Å². The van der Waals surface area contributed by atoms with Crippen LogP contribution in [0.3, 0.4) is 0 Å². The van der Waals surface area contributed by atoms with Crippen LogP contribution in [-0.4, -0.2) is 0 Å². The van der Waals surface area contributed by atoms with E-state index in [0.717, 1.165) is 29.3 Å². The lowest BCUT2D eigenvalue weighted by Gasteiger charge is -2.41. The van der Waals surface area contributed by atoms with Gasteiger partial charge in [-0.05, 0) is 42.7 Å². The molecule has 0 radical (unpaired) electrons. The largest absolute Gasteiger partial charge is 0.321 e. The Balaban J connectivity index is 2.29. The first-order chi connectivity index (χ1) is 7.53. The quantitative estimate of drug-likeness (QED) is 0.787. The highest BCUT2D eigenvalue weighted by Crippen LogP contribution is 2.42. The Morgan fingerprint density at radius 2 is 1.94 bits per heavy atom. The van der Waals surface area contributed by atoms with E-state index in [1.165, 1.54) is 6.42 Å². The third kappa shape index (κ3) is 2.11. The third-order valence-electron chi connectivity index (χ3n) is 4.11. The molecule has 3 atom stereocenters. The number of hydrogen-bond donors (Lipinski definition) is 1. The van der Waals surface area contributed by atoms with Gasteiger partial charge in [0, 0.05) is 10.6 Å². The molecule has 0 heterocycles. The Morgan fingerprint density at radius 3 is 2.56 bits per heavy atom. The average molecular weight is 238 g/mol. The monoisotopic (exact) mass is 237 g/mol. The Bertz CT molecular complexity index is 377. The fourth-order valence-electron chi connectivity index (χ4n) is 2.76. The van der Waals surface area contributed by atoms with E-state index in [4.69, 9.17) is 17.3 Å². The highest BCUT2D eigenvalue weighted by atomic mass is 35.5. The van der Waals surface area contributed by atoms with E-state index < -0.39 is 0 Å². The van der Waals surface area contributed by atoms with Crippen molar-refractivity contribution in [3.05, 3.63) is 34.9 Å². The van der Waals surface area contributed by atoms with Crippen LogP contribution in [-0.2, 0) is 5.54 Å². The molecule has 0 bridgehead atoms. The Labute approximate surface area is 103 Å². The van der Waals surface area contributed by atoms with Crippen molar-refractivity contribution in [2.75, 3.05) is 0 Å². The molecule has 2 heteroatoms. The smallest absolute Gasteiger partial charge is 0.0456 e. The minimum atomic E-state index is -0.218. The van der Waals surface area contributed by atoms with E-state index >= 15 is 0 Å². The molecule has 2 N–H and O–H groups in total. The fourth-order valence-corrected chi connectivity index (χ4v) is 3.08. The summed E-state index contributed by atoms with van der Waals surface area (Å²) in [6, 6.07) is 8.00. The summed E-state index contributed by atoms with van der Waals surface area (Å²) < 4.78 is 0. The summed E-state index contributed by atoms with van der Waals surface area (Å²) in [5, 5.41) is 0.812. The summed E-state index contributed by atoms with van der Waals surface area (Å²) in [6.07, 6.45) is 3.28. The summed E-state index contributed by atoms with van der Waals surface area (Å²) in [5.74, 6) is 1.45. The first-order valence-electron chi connectivity index (χ1n) is 6.07. The van der Waals surface area contributed by atoms with Crippen LogP contribution in [0.5, 0.6) is 0 Å². The van der Waals surface area contributed by atoms with Gasteiger partial charge in [0.2, 0.25) is 0 Å². The van der Waals surface area contributed by atoms with Gasteiger partial charge in [0.25, 0.3) is 0 Å². The van der Waals surface area contributed by atoms with Crippen molar-refractivity contribution in [3.8, 4) is 0 Å². The zero-order valence-electron chi connectivity index (χ0n) is 10.0. The van der Waals surface area contributed by atoms with Crippen LogP contribution >= 0.6 is 11.6 Å². The van der Waals surface area contributed by atoms with Gasteiger partial charge in [-0.1, -0.05) is 43.6 Å². The van der Waals surface area contributed by atoms with Crippen molar-refractivity contribution in [2.24, 2.45) is 17.6 Å². The second-order valence-electron chi connectivity index (χ2n) is 5.33. The maximum atomic E-state index is 6.55. The van der Waals surface area contributed by atoms with E-state index in [1.807, 2.05) is 18.2 Å². The molecule has 0 amide bonds. The summed E-state index contributed by atoms with van der Waals surface area (Å²) in [5.41, 5.74) is 7.45. The minimum absolute atomic E-state index is 0.218. The molecule has 16 heavy (non-hydrogen) atoms. The molecule has 2 rings (SSSR count). The van der Waals surface area contributed by atoms with E-state index in [2.05, 4.69) is 19.9 Å². The maximum absolute atomic E-state index is 6.55. The predicted molar refractivity (Wildman–Crippen MR) is 69.5 cm³/mol. The molecule has 1 aliphatic carbocycles. The molecule has 0 spiro atoms. The van der Waals surface area contributed by atoms with Gasteiger partial charge in [-0.2, -0.15) is 0 Å². The van der Waals surface area contributed by atoms with Gasteiger partial charge in [0.15, 0.2) is 0 Å². The Hall–Kier alpha value is -0.530. The molecule has 1 aromatic carbocycles. The van der Waals surface area contributed by atoms with Gasteiger partial charge in [0.1, 0.15) is 0 Å². The summed E-state index contributed by atoms with van der Waals surface area (Å²) >= 11 is 6.25. The summed E-state index contributed by atoms with van der Waals surface area (Å²) in [6.45, 7) is 4.61. The van der Waals surface area contributed by atoms with Gasteiger partial charge in [-0.15, -0.1) is 0 Å². The van der Waals surface area contributed by atoms with Crippen LogP contribution in [0.25, 0.3) is 0 Å². The van der Waals surface area contributed by atoms with Crippen LogP contribution in [0, 0.1) is 11.8 Å². The molecule has 1 saturated carbocycles. The van der Waals surface area contributed by atoms with Gasteiger partial charge in [-0.25, -0.2) is 0 Å². The van der Waals surface area contributed by atoms with Crippen LogP contribution in [0.2, 0.25) is 5.02 Å². The minimum Gasteiger partial charge on any atom is -0.321 e. The zero-order valence-corrected chi connectivity index (χ0v) is 10.8. The van der Waals surface area contributed by atoms with Crippen molar-refractivity contribution in [1.82, 2.24) is 0 Å². The lowest BCUT2D eigenvalue weighted by molar-refractivity contribution is 0.177. The molecule has 0 aromatic heterocycles. The fraction of sp³-hybridized carbons (Fsp3) is 0.571. The standard InChI is InChI=1S/C14H20ClN/c1-10-7-8-14(16,9-11(10)2)12-5-3-4-6-13(12)15/h3-6,10-11H,7-9,16H2,1-2H3. The summed E-state index contributed by atoms with van der Waals surface area (Å²) in [7, 11) is 0. The molecule has 0 saturated heterocycles. The molecule has 1 nitrogen and oxygen atoms in total. The molecule has 1 fully saturated rings. The van der Waals surface area contributed by atoms with Crippen LogP contribution in [0.15, 0.2) is 24.3 Å². The summed E-state index contributed by atoms with van der Waals surface area (Å²) in [4.78, 5) is 0. The molecule has 3 unspecified atom stereocenters. The van der Waals surface area contributed by atoms with E-state index in [1.54, 1.807) is 0 Å². The van der Waals surface area contributed by atoms with E-state index in [0.29, 0.717) is 5.92 Å². The first-order valence-corrected chi connectivity index (χ1v) is 6.44. The maximum Gasteiger partial charge on any atom is 0.0456 e. The van der Waals surface area contributed by atoms with Gasteiger partial charge in [0.05, 0.1) is 0 Å². The van der Waals surface area contributed by atoms with Crippen molar-refractivity contribution in [1.29, 1.82) is 0 Å². The van der Waals surface area contributed by atoms with Crippen LogP contribution < -0.4 is 5.73 Å². The Kier molecular flexibility index (Phi) is 3.27. The average Bonchev–Trinajstić information content (AvgIpc) is 2.25. The van der Waals surface area contributed by atoms with Crippen LogP contribution in [0.1, 0.15) is 38.7 Å². The first kappa shape index (κ1) is 11.9. The van der Waals surface area contributed by atoms with Gasteiger partial charge in [-0.3, -0.25) is 0 Å². The highest BCUT2D eigenvalue weighted by Gasteiger charge is 2.36. The number of hydrogen-bond acceptors (Lipinski definition) is 1. The predicted octanol–water partition coefficient (Wildman–Crippen LogP) is 3.95. The Morgan fingerprint density at radius 1 is 1.25 bits per heavy atom. The molecular formula is C14H20ClN. The molecule has 1 aromatic rings. The number of halogens is 1. The second kappa shape index (κ2) is 4.38. The lowest BCUT2D eigenvalue weighted by atomic mass is 9.69. The van der Waals surface area contributed by atoms with Crippen molar-refractivity contribution >= 4 is 11.6 Å². The van der Waals surface area contributed by atoms with Gasteiger partial charge < -0.3 is 5.73 Å². The number of rotatable bonds is 1. The molecule has 1 aliphatic rings. The number of benzene rings is 1. The highest BCUT2D eigenvalue weighted by molar-refractivity contribution is 6.31. The normalized spacial score (nSPS) is 35.0. The van der Waals surface area contributed by atoms with Crippen molar-refractivity contribution < 1.29 is 0 Å². The van der Waals surface area contributed by atoms with E-state index in [-0.39, 0.29) is 5.54 Å². The molecular weight excluding hydrogens is 218 g/mol. The number of nitrogens with two attached hydrogens (primary N) is 1. The second-order valence-corrected chi connectivity index (χ2v) is 5.74. The molecule has 0 aliphatic heterocycles. The zero-order chi connectivity index (χ0) is 11.8. The SMILES string of the molecule is CC1CCC(N)(c2ccccc2Cl)CC1C.